The Hall–Kier alpha value is -2.17. The molecule has 0 atom stereocenters. The molecule has 5 heteroatoms. The lowest BCUT2D eigenvalue weighted by atomic mass is 10.1. The van der Waals surface area contributed by atoms with Crippen molar-refractivity contribution < 1.29 is 9.90 Å². The Labute approximate surface area is 134 Å². The lowest BCUT2D eigenvalue weighted by Gasteiger charge is -2.05. The topological polar surface area (TPSA) is 55.1 Å². The minimum absolute atomic E-state index is 0. The van der Waals surface area contributed by atoms with Crippen molar-refractivity contribution in [3.8, 4) is 0 Å². The molecule has 3 rings (SSSR count). The van der Waals surface area contributed by atoms with Crippen LogP contribution in [0.15, 0.2) is 48.8 Å². The summed E-state index contributed by atoms with van der Waals surface area (Å²) in [5.74, 6) is -0.274. The first-order valence-electron chi connectivity index (χ1n) is 6.51. The van der Waals surface area contributed by atoms with Gasteiger partial charge < -0.3 is 9.67 Å². The molecule has 1 N–H and O–H groups in total. The van der Waals surface area contributed by atoms with Gasteiger partial charge in [0.2, 0.25) is 0 Å². The Morgan fingerprint density at radius 3 is 2.59 bits per heavy atom. The maximum Gasteiger partial charge on any atom is 0.188 e. The third-order valence-corrected chi connectivity index (χ3v) is 3.59. The molecular formula is C17H17ClN2O2. The van der Waals surface area contributed by atoms with Crippen molar-refractivity contribution in [3.63, 3.8) is 0 Å². The summed E-state index contributed by atoms with van der Waals surface area (Å²) in [7, 11) is 0. The highest BCUT2D eigenvalue weighted by Crippen LogP contribution is 2.19. The number of Topliss-reactive ketones (excluding diaryl/α,β-unsaturated/α-hetero) is 1. The molecule has 0 aliphatic carbocycles. The molecular weight excluding hydrogens is 300 g/mol. The van der Waals surface area contributed by atoms with E-state index in [2.05, 4.69) is 4.98 Å². The first-order valence-corrected chi connectivity index (χ1v) is 6.88. The summed E-state index contributed by atoms with van der Waals surface area (Å²) in [5.41, 5.74) is 3.44. The van der Waals surface area contributed by atoms with Crippen molar-refractivity contribution in [2.24, 2.45) is 0 Å². The van der Waals surface area contributed by atoms with Crippen molar-refractivity contribution in [2.75, 3.05) is 6.61 Å². The first kappa shape index (κ1) is 16.2. The molecule has 1 aromatic heterocycles. The Morgan fingerprint density at radius 2 is 1.91 bits per heavy atom. The molecule has 3 aromatic rings. The van der Waals surface area contributed by atoms with Crippen LogP contribution < -0.4 is 0 Å². The minimum Gasteiger partial charge on any atom is -0.388 e. The van der Waals surface area contributed by atoms with Crippen LogP contribution in [-0.4, -0.2) is 27.0 Å². The molecule has 0 aliphatic rings. The largest absolute Gasteiger partial charge is 0.388 e. The molecule has 2 aromatic carbocycles. The van der Waals surface area contributed by atoms with E-state index in [1.54, 1.807) is 18.5 Å². The van der Waals surface area contributed by atoms with Gasteiger partial charge in [-0.2, -0.15) is 0 Å². The Balaban J connectivity index is 0.00000176. The monoisotopic (exact) mass is 316 g/mol. The van der Waals surface area contributed by atoms with Gasteiger partial charge in [0.1, 0.15) is 6.61 Å². The molecule has 0 saturated heterocycles. The number of halogens is 1. The van der Waals surface area contributed by atoms with Crippen LogP contribution in [0.3, 0.4) is 0 Å². The first-order chi connectivity index (χ1) is 10.2. The molecule has 0 spiro atoms. The molecule has 0 bridgehead atoms. The van der Waals surface area contributed by atoms with Crippen LogP contribution >= 0.6 is 11.6 Å². The number of carbonyl (C=O) groups is 1. The smallest absolute Gasteiger partial charge is 0.188 e. The number of aliphatic hydroxyl groups excluding tert-OH is 1. The zero-order chi connectivity index (χ0) is 14.8. The fourth-order valence-corrected chi connectivity index (χ4v) is 2.41. The van der Waals surface area contributed by atoms with E-state index in [4.69, 9.17) is 16.7 Å². The van der Waals surface area contributed by atoms with Gasteiger partial charge in [-0.25, -0.2) is 4.98 Å². The van der Waals surface area contributed by atoms with Crippen LogP contribution in [0, 0.1) is 0 Å². The van der Waals surface area contributed by atoms with Gasteiger partial charge in [0.15, 0.2) is 5.78 Å². The van der Waals surface area contributed by atoms with Crippen molar-refractivity contribution in [3.05, 3.63) is 64.9 Å². The van der Waals surface area contributed by atoms with Crippen molar-refractivity contribution in [1.82, 2.24) is 9.55 Å². The zero-order valence-corrected chi connectivity index (χ0v) is 11.9. The van der Waals surface area contributed by atoms with Gasteiger partial charge in [-0.15, -0.1) is 0 Å². The maximum atomic E-state index is 11.4. The van der Waals surface area contributed by atoms with Crippen molar-refractivity contribution in [2.45, 2.75) is 14.0 Å². The van der Waals surface area contributed by atoms with Crippen LogP contribution in [0.5, 0.6) is 0 Å². The van der Waals surface area contributed by atoms with Gasteiger partial charge in [-0.05, 0) is 23.8 Å². The Morgan fingerprint density at radius 1 is 1.18 bits per heavy atom. The lowest BCUT2D eigenvalue weighted by molar-refractivity contribution is 0.0903. The number of ketones is 1. The molecule has 22 heavy (non-hydrogen) atoms. The number of hydrogen-bond acceptors (Lipinski definition) is 3. The van der Waals surface area contributed by atoms with E-state index in [1.807, 2.05) is 34.9 Å². The van der Waals surface area contributed by atoms with E-state index in [0.29, 0.717) is 17.1 Å². The number of benzene rings is 2. The van der Waals surface area contributed by atoms with Crippen LogP contribution in [0.25, 0.3) is 11.0 Å². The van der Waals surface area contributed by atoms with Crippen LogP contribution in [0.1, 0.15) is 23.3 Å². The number of carbonyl (C=O) groups excluding carboxylic acids is 1. The number of hydrogen-bond donors (Lipinski definition) is 1. The highest BCUT2D eigenvalue weighted by Gasteiger charge is 2.06. The van der Waals surface area contributed by atoms with Crippen LogP contribution in [0.4, 0.5) is 0 Å². The predicted octanol–water partition coefficient (Wildman–Crippen LogP) is 3.55. The van der Waals surface area contributed by atoms with Crippen molar-refractivity contribution in [1.29, 1.82) is 0 Å². The number of rotatable bonds is 4. The summed E-state index contributed by atoms with van der Waals surface area (Å²) in [6.45, 7) is 0.192. The summed E-state index contributed by atoms with van der Waals surface area (Å²) in [6.07, 6.45) is 1.77. The van der Waals surface area contributed by atoms with Gasteiger partial charge in [-0.3, -0.25) is 4.79 Å². The third-order valence-electron chi connectivity index (χ3n) is 3.36. The summed E-state index contributed by atoms with van der Waals surface area (Å²) >= 11 is 5.95. The summed E-state index contributed by atoms with van der Waals surface area (Å²) in [6, 6.07) is 12.8. The van der Waals surface area contributed by atoms with E-state index < -0.39 is 6.61 Å². The Kier molecular flexibility index (Phi) is 4.96. The molecule has 114 valence electrons. The second-order valence-corrected chi connectivity index (χ2v) is 5.22. The normalized spacial score (nSPS) is 10.5. The number of fused-ring (bicyclic) bond motifs is 1. The second kappa shape index (κ2) is 6.73. The number of aromatic nitrogens is 2. The highest BCUT2D eigenvalue weighted by molar-refractivity contribution is 6.31. The number of imidazole rings is 1. The average molecular weight is 317 g/mol. The standard InChI is InChI=1S/C16H13ClN2O2.CH4/c17-13-5-6-15-14(7-13)18-10-19(15)8-11-1-3-12(4-2-11)16(21)9-20;/h1-7,10,20H,8-9H2;1H4. The summed E-state index contributed by atoms with van der Waals surface area (Å²) in [4.78, 5) is 15.7. The SMILES string of the molecule is C.O=C(CO)c1ccc(Cn2cnc3cc(Cl)ccc32)cc1. The van der Waals surface area contributed by atoms with Crippen LogP contribution in [0.2, 0.25) is 5.02 Å². The quantitative estimate of drug-likeness (QED) is 0.749. The van der Waals surface area contributed by atoms with E-state index >= 15 is 0 Å². The summed E-state index contributed by atoms with van der Waals surface area (Å²) in [5, 5.41) is 9.50. The van der Waals surface area contributed by atoms with E-state index in [0.717, 1.165) is 16.6 Å². The minimum atomic E-state index is -0.466. The van der Waals surface area contributed by atoms with Gasteiger partial charge in [0, 0.05) is 17.1 Å². The lowest BCUT2D eigenvalue weighted by Crippen LogP contribution is -2.04. The molecule has 0 fully saturated rings. The average Bonchev–Trinajstić information content (AvgIpc) is 2.89. The van der Waals surface area contributed by atoms with Gasteiger partial charge in [0.05, 0.1) is 17.4 Å². The highest BCUT2D eigenvalue weighted by atomic mass is 35.5. The van der Waals surface area contributed by atoms with Crippen molar-refractivity contribution >= 4 is 28.4 Å². The molecule has 4 nitrogen and oxygen atoms in total. The maximum absolute atomic E-state index is 11.4. The predicted molar refractivity (Wildman–Crippen MR) is 88.4 cm³/mol. The molecule has 0 aliphatic heterocycles. The van der Waals surface area contributed by atoms with Gasteiger partial charge >= 0.3 is 0 Å². The molecule has 0 saturated carbocycles. The zero-order valence-electron chi connectivity index (χ0n) is 11.2. The van der Waals surface area contributed by atoms with E-state index in [9.17, 15) is 4.79 Å². The van der Waals surface area contributed by atoms with E-state index in [-0.39, 0.29) is 13.2 Å². The second-order valence-electron chi connectivity index (χ2n) is 4.78. The molecule has 0 unspecified atom stereocenters. The number of aliphatic hydroxyl groups is 1. The summed E-state index contributed by atoms with van der Waals surface area (Å²) < 4.78 is 2.02. The number of nitrogens with zero attached hydrogens (tertiary/aromatic N) is 2. The fourth-order valence-electron chi connectivity index (χ4n) is 2.25. The molecule has 1 heterocycles. The third kappa shape index (κ3) is 3.18. The molecule has 0 amide bonds. The van der Waals surface area contributed by atoms with Gasteiger partial charge in [-0.1, -0.05) is 43.3 Å². The van der Waals surface area contributed by atoms with E-state index in [1.165, 1.54) is 0 Å². The fraction of sp³-hybridized carbons (Fsp3) is 0.176. The molecule has 0 radical (unpaired) electrons. The van der Waals surface area contributed by atoms with Gasteiger partial charge in [0.25, 0.3) is 0 Å². The van der Waals surface area contributed by atoms with Crippen LogP contribution in [-0.2, 0) is 6.54 Å². The Bertz CT molecular complexity index is 794.